The van der Waals surface area contributed by atoms with E-state index < -0.39 is 0 Å². The standard InChI is InChI=1S/C11H9N5O/c1-17-11-9-10(12-7-13-11)16(15-14-9)8-5-3-2-4-6-8/h2-7H,1H3. The molecule has 0 unspecified atom stereocenters. The SMILES string of the molecule is COc1ncnc2c1nnn2-c1ccccc1. The number of nitrogens with zero attached hydrogens (tertiary/aromatic N) is 5. The van der Waals surface area contributed by atoms with Gasteiger partial charge in [-0.2, -0.15) is 9.67 Å². The molecule has 3 rings (SSSR count). The van der Waals surface area contributed by atoms with Crippen molar-refractivity contribution < 1.29 is 4.74 Å². The highest BCUT2D eigenvalue weighted by Crippen LogP contribution is 2.19. The van der Waals surface area contributed by atoms with Gasteiger partial charge in [0.1, 0.15) is 6.33 Å². The van der Waals surface area contributed by atoms with E-state index in [0.717, 1.165) is 5.69 Å². The van der Waals surface area contributed by atoms with Crippen molar-refractivity contribution in [3.05, 3.63) is 36.7 Å². The largest absolute Gasteiger partial charge is 0.479 e. The first-order chi connectivity index (χ1) is 8.40. The zero-order valence-electron chi connectivity index (χ0n) is 9.11. The van der Waals surface area contributed by atoms with Crippen molar-refractivity contribution in [3.8, 4) is 11.6 Å². The first-order valence-corrected chi connectivity index (χ1v) is 5.06. The number of hydrogen-bond donors (Lipinski definition) is 0. The Morgan fingerprint density at radius 1 is 1.12 bits per heavy atom. The predicted octanol–water partition coefficient (Wildman–Crippen LogP) is 1.22. The third kappa shape index (κ3) is 1.50. The van der Waals surface area contributed by atoms with Gasteiger partial charge in [-0.05, 0) is 12.1 Å². The molecule has 0 amide bonds. The van der Waals surface area contributed by atoms with Crippen LogP contribution in [0.1, 0.15) is 0 Å². The van der Waals surface area contributed by atoms with Crippen LogP contribution < -0.4 is 4.74 Å². The second kappa shape index (κ2) is 3.82. The Labute approximate surface area is 96.9 Å². The molecule has 0 atom stereocenters. The van der Waals surface area contributed by atoms with Gasteiger partial charge in [0, 0.05) is 0 Å². The highest BCUT2D eigenvalue weighted by Gasteiger charge is 2.12. The van der Waals surface area contributed by atoms with Crippen molar-refractivity contribution in [1.29, 1.82) is 0 Å². The van der Waals surface area contributed by atoms with Gasteiger partial charge in [0.25, 0.3) is 0 Å². The smallest absolute Gasteiger partial charge is 0.247 e. The molecule has 2 heterocycles. The molecule has 0 saturated carbocycles. The summed E-state index contributed by atoms with van der Waals surface area (Å²) in [5.41, 5.74) is 2.08. The van der Waals surface area contributed by atoms with Crippen LogP contribution in [0.5, 0.6) is 5.88 Å². The third-order valence-corrected chi connectivity index (χ3v) is 2.40. The maximum Gasteiger partial charge on any atom is 0.247 e. The third-order valence-electron chi connectivity index (χ3n) is 2.40. The van der Waals surface area contributed by atoms with Crippen LogP contribution in [0, 0.1) is 0 Å². The fraction of sp³-hybridized carbons (Fsp3) is 0.0909. The molecule has 0 spiro atoms. The Balaban J connectivity index is 2.26. The monoisotopic (exact) mass is 227 g/mol. The summed E-state index contributed by atoms with van der Waals surface area (Å²) < 4.78 is 6.76. The number of para-hydroxylation sites is 1. The van der Waals surface area contributed by atoms with E-state index in [0.29, 0.717) is 17.0 Å². The summed E-state index contributed by atoms with van der Waals surface area (Å²) in [7, 11) is 1.54. The zero-order chi connectivity index (χ0) is 11.7. The molecule has 0 bridgehead atoms. The summed E-state index contributed by atoms with van der Waals surface area (Å²) in [6.45, 7) is 0. The molecule has 84 valence electrons. The van der Waals surface area contributed by atoms with Crippen LogP contribution in [-0.4, -0.2) is 32.1 Å². The lowest BCUT2D eigenvalue weighted by atomic mass is 10.3. The summed E-state index contributed by atoms with van der Waals surface area (Å²) in [6.07, 6.45) is 1.43. The molecule has 2 aromatic heterocycles. The highest BCUT2D eigenvalue weighted by atomic mass is 16.5. The molecule has 0 radical (unpaired) electrons. The minimum absolute atomic E-state index is 0.428. The number of fused-ring (bicyclic) bond motifs is 1. The summed E-state index contributed by atoms with van der Waals surface area (Å²) in [6, 6.07) is 9.67. The predicted molar refractivity (Wildman–Crippen MR) is 61.0 cm³/mol. The van der Waals surface area contributed by atoms with E-state index in [1.807, 2.05) is 30.3 Å². The minimum Gasteiger partial charge on any atom is -0.479 e. The van der Waals surface area contributed by atoms with Gasteiger partial charge in [0.15, 0.2) is 11.2 Å². The van der Waals surface area contributed by atoms with Crippen molar-refractivity contribution in [2.75, 3.05) is 7.11 Å². The van der Waals surface area contributed by atoms with Gasteiger partial charge < -0.3 is 4.74 Å². The van der Waals surface area contributed by atoms with E-state index in [1.54, 1.807) is 11.8 Å². The van der Waals surface area contributed by atoms with E-state index in [2.05, 4.69) is 20.3 Å². The Bertz CT molecular complexity index is 649. The quantitative estimate of drug-likeness (QED) is 0.658. The van der Waals surface area contributed by atoms with Crippen LogP contribution in [0.4, 0.5) is 0 Å². The molecular weight excluding hydrogens is 218 g/mol. The van der Waals surface area contributed by atoms with E-state index in [4.69, 9.17) is 4.74 Å². The number of aromatic nitrogens is 5. The minimum atomic E-state index is 0.428. The molecule has 17 heavy (non-hydrogen) atoms. The Morgan fingerprint density at radius 2 is 1.94 bits per heavy atom. The number of methoxy groups -OCH3 is 1. The van der Waals surface area contributed by atoms with Gasteiger partial charge in [-0.25, -0.2) is 4.98 Å². The number of benzene rings is 1. The van der Waals surface area contributed by atoms with Crippen LogP contribution in [0.3, 0.4) is 0 Å². The van der Waals surface area contributed by atoms with Crippen molar-refractivity contribution in [2.45, 2.75) is 0 Å². The molecule has 0 aliphatic carbocycles. The molecule has 0 N–H and O–H groups in total. The van der Waals surface area contributed by atoms with Crippen molar-refractivity contribution in [1.82, 2.24) is 25.0 Å². The zero-order valence-corrected chi connectivity index (χ0v) is 9.11. The van der Waals surface area contributed by atoms with Crippen LogP contribution >= 0.6 is 0 Å². The van der Waals surface area contributed by atoms with Crippen molar-refractivity contribution in [3.63, 3.8) is 0 Å². The van der Waals surface area contributed by atoms with Crippen LogP contribution in [-0.2, 0) is 0 Å². The normalized spacial score (nSPS) is 10.6. The summed E-state index contributed by atoms with van der Waals surface area (Å²) >= 11 is 0. The highest BCUT2D eigenvalue weighted by molar-refractivity contribution is 5.76. The lowest BCUT2D eigenvalue weighted by Crippen LogP contribution is -1.98. The topological polar surface area (TPSA) is 65.7 Å². The van der Waals surface area contributed by atoms with Gasteiger partial charge in [0.05, 0.1) is 12.8 Å². The summed E-state index contributed by atoms with van der Waals surface area (Å²) in [5.74, 6) is 0.428. The second-order valence-corrected chi connectivity index (χ2v) is 3.39. The Morgan fingerprint density at radius 3 is 2.71 bits per heavy atom. The molecule has 6 nitrogen and oxygen atoms in total. The maximum atomic E-state index is 5.11. The lowest BCUT2D eigenvalue weighted by Gasteiger charge is -2.01. The number of rotatable bonds is 2. The van der Waals surface area contributed by atoms with Crippen LogP contribution in [0.2, 0.25) is 0 Å². The fourth-order valence-electron chi connectivity index (χ4n) is 1.62. The lowest BCUT2D eigenvalue weighted by molar-refractivity contribution is 0.401. The second-order valence-electron chi connectivity index (χ2n) is 3.39. The van der Waals surface area contributed by atoms with Gasteiger partial charge in [-0.15, -0.1) is 5.10 Å². The number of ether oxygens (including phenoxy) is 1. The maximum absolute atomic E-state index is 5.11. The van der Waals surface area contributed by atoms with E-state index in [-0.39, 0.29) is 0 Å². The average molecular weight is 227 g/mol. The first-order valence-electron chi connectivity index (χ1n) is 5.06. The molecular formula is C11H9N5O. The molecule has 6 heteroatoms. The number of hydrogen-bond acceptors (Lipinski definition) is 5. The van der Waals surface area contributed by atoms with E-state index >= 15 is 0 Å². The van der Waals surface area contributed by atoms with Crippen LogP contribution in [0.15, 0.2) is 36.7 Å². The first kappa shape index (κ1) is 9.71. The van der Waals surface area contributed by atoms with E-state index in [1.165, 1.54) is 6.33 Å². The molecule has 0 saturated heterocycles. The fourth-order valence-corrected chi connectivity index (χ4v) is 1.62. The van der Waals surface area contributed by atoms with Crippen molar-refractivity contribution in [2.24, 2.45) is 0 Å². The van der Waals surface area contributed by atoms with Gasteiger partial charge in [0.2, 0.25) is 5.88 Å². The molecule has 0 fully saturated rings. The average Bonchev–Trinajstić information content (AvgIpc) is 2.83. The van der Waals surface area contributed by atoms with Gasteiger partial charge in [-0.1, -0.05) is 23.4 Å². The molecule has 0 aliphatic heterocycles. The van der Waals surface area contributed by atoms with Crippen LogP contribution in [0.25, 0.3) is 16.9 Å². The molecule has 3 aromatic rings. The van der Waals surface area contributed by atoms with Crippen molar-refractivity contribution >= 4 is 11.2 Å². The van der Waals surface area contributed by atoms with Gasteiger partial charge >= 0.3 is 0 Å². The molecule has 0 aliphatic rings. The summed E-state index contributed by atoms with van der Waals surface area (Å²) in [4.78, 5) is 8.16. The summed E-state index contributed by atoms with van der Waals surface area (Å²) in [5, 5.41) is 8.09. The van der Waals surface area contributed by atoms with Gasteiger partial charge in [-0.3, -0.25) is 0 Å². The molecule has 1 aromatic carbocycles. The Hall–Kier alpha value is -2.50. The van der Waals surface area contributed by atoms with E-state index in [9.17, 15) is 0 Å². The Kier molecular flexibility index (Phi) is 2.18.